The summed E-state index contributed by atoms with van der Waals surface area (Å²) in [6.07, 6.45) is 1.79. The van der Waals surface area contributed by atoms with E-state index < -0.39 is 0 Å². The first-order valence-corrected chi connectivity index (χ1v) is 7.76. The predicted molar refractivity (Wildman–Crippen MR) is 84.7 cm³/mol. The fraction of sp³-hybridized carbons (Fsp3) is 0.0714. The van der Waals surface area contributed by atoms with Crippen LogP contribution in [0.15, 0.2) is 58.5 Å². The lowest BCUT2D eigenvalue weighted by molar-refractivity contribution is 0.605. The maximum Gasteiger partial charge on any atom is 0.0974 e. The predicted octanol–water partition coefficient (Wildman–Crippen LogP) is 3.25. The van der Waals surface area contributed by atoms with E-state index in [1.807, 2.05) is 46.5 Å². The number of para-hydroxylation sites is 1. The SMILES string of the molecule is NNC(c1cc(Br)cs1)c1ccnn1-c1ccccc1. The summed E-state index contributed by atoms with van der Waals surface area (Å²) in [4.78, 5) is 1.14. The van der Waals surface area contributed by atoms with Crippen molar-refractivity contribution in [2.75, 3.05) is 0 Å². The highest BCUT2D eigenvalue weighted by molar-refractivity contribution is 9.10. The molecule has 1 atom stereocenters. The summed E-state index contributed by atoms with van der Waals surface area (Å²) in [7, 11) is 0. The fourth-order valence-corrected chi connectivity index (χ4v) is 3.63. The number of benzene rings is 1. The van der Waals surface area contributed by atoms with Crippen LogP contribution in [0.2, 0.25) is 0 Å². The van der Waals surface area contributed by atoms with Gasteiger partial charge in [-0.1, -0.05) is 18.2 Å². The number of aromatic nitrogens is 2. The number of hydrogen-bond donors (Lipinski definition) is 2. The summed E-state index contributed by atoms with van der Waals surface area (Å²) in [5.74, 6) is 5.75. The second kappa shape index (κ2) is 5.88. The second-order valence-corrected chi connectivity index (χ2v) is 6.13. The lowest BCUT2D eigenvalue weighted by Gasteiger charge is -2.16. The van der Waals surface area contributed by atoms with Crippen LogP contribution in [0.4, 0.5) is 0 Å². The number of hydrazine groups is 1. The van der Waals surface area contributed by atoms with Gasteiger partial charge in [0, 0.05) is 20.9 Å². The normalized spacial score (nSPS) is 12.5. The first-order valence-electron chi connectivity index (χ1n) is 6.09. The summed E-state index contributed by atoms with van der Waals surface area (Å²) in [5.41, 5.74) is 4.90. The van der Waals surface area contributed by atoms with Gasteiger partial charge >= 0.3 is 0 Å². The van der Waals surface area contributed by atoms with Gasteiger partial charge in [-0.2, -0.15) is 5.10 Å². The van der Waals surface area contributed by atoms with Gasteiger partial charge in [-0.05, 0) is 40.2 Å². The topological polar surface area (TPSA) is 55.9 Å². The molecule has 0 radical (unpaired) electrons. The Kier molecular flexibility index (Phi) is 3.98. The molecule has 0 spiro atoms. The molecule has 0 fully saturated rings. The van der Waals surface area contributed by atoms with Gasteiger partial charge in [-0.3, -0.25) is 5.84 Å². The van der Waals surface area contributed by atoms with Crippen LogP contribution >= 0.6 is 27.3 Å². The van der Waals surface area contributed by atoms with Crippen LogP contribution in [0.1, 0.15) is 16.6 Å². The van der Waals surface area contributed by atoms with E-state index >= 15 is 0 Å². The minimum absolute atomic E-state index is 0.0889. The van der Waals surface area contributed by atoms with Crippen LogP contribution in [0.3, 0.4) is 0 Å². The molecule has 3 N–H and O–H groups in total. The number of nitrogens with two attached hydrogens (primary N) is 1. The molecule has 2 heterocycles. The molecule has 0 saturated heterocycles. The molecule has 1 unspecified atom stereocenters. The van der Waals surface area contributed by atoms with Gasteiger partial charge in [0.05, 0.1) is 17.4 Å². The molecule has 2 aromatic heterocycles. The first-order chi connectivity index (χ1) is 9.79. The molecule has 0 bridgehead atoms. The zero-order chi connectivity index (χ0) is 13.9. The summed E-state index contributed by atoms with van der Waals surface area (Å²) in [6, 6.07) is 14.0. The molecule has 1 aromatic carbocycles. The molecule has 102 valence electrons. The van der Waals surface area contributed by atoms with Gasteiger partial charge in [0.1, 0.15) is 0 Å². The van der Waals surface area contributed by atoms with Gasteiger partial charge in [0.15, 0.2) is 0 Å². The zero-order valence-corrected chi connectivity index (χ0v) is 12.9. The molecular formula is C14H13BrN4S. The van der Waals surface area contributed by atoms with Gasteiger partial charge in [0.2, 0.25) is 0 Å². The molecular weight excluding hydrogens is 336 g/mol. The van der Waals surface area contributed by atoms with Crippen LogP contribution in [0, 0.1) is 0 Å². The fourth-order valence-electron chi connectivity index (χ4n) is 2.11. The lowest BCUT2D eigenvalue weighted by Crippen LogP contribution is -2.29. The van der Waals surface area contributed by atoms with E-state index in [2.05, 4.69) is 32.5 Å². The maximum atomic E-state index is 5.75. The molecule has 20 heavy (non-hydrogen) atoms. The Balaban J connectivity index is 2.04. The third kappa shape index (κ3) is 2.55. The smallest absolute Gasteiger partial charge is 0.0974 e. The Bertz CT molecular complexity index is 692. The van der Waals surface area contributed by atoms with Crippen LogP contribution in [0.5, 0.6) is 0 Å². The van der Waals surface area contributed by atoms with E-state index in [0.29, 0.717) is 0 Å². The highest BCUT2D eigenvalue weighted by Crippen LogP contribution is 2.30. The molecule has 0 aliphatic heterocycles. The lowest BCUT2D eigenvalue weighted by atomic mass is 10.1. The Morgan fingerprint density at radius 1 is 1.25 bits per heavy atom. The van der Waals surface area contributed by atoms with Crippen molar-refractivity contribution in [3.8, 4) is 5.69 Å². The summed E-state index contributed by atoms with van der Waals surface area (Å²) in [5, 5.41) is 6.45. The monoisotopic (exact) mass is 348 g/mol. The largest absolute Gasteiger partial charge is 0.270 e. The van der Waals surface area contributed by atoms with Gasteiger partial charge in [-0.25, -0.2) is 10.1 Å². The van der Waals surface area contributed by atoms with Crippen LogP contribution in [-0.2, 0) is 0 Å². The third-order valence-corrected chi connectivity index (χ3v) is 4.77. The van der Waals surface area contributed by atoms with E-state index in [1.165, 1.54) is 0 Å². The van der Waals surface area contributed by atoms with E-state index in [9.17, 15) is 0 Å². The van der Waals surface area contributed by atoms with Gasteiger partial charge in [-0.15, -0.1) is 11.3 Å². The Morgan fingerprint density at radius 3 is 2.70 bits per heavy atom. The molecule has 0 amide bonds. The molecule has 6 heteroatoms. The van der Waals surface area contributed by atoms with E-state index in [0.717, 1.165) is 20.7 Å². The average Bonchev–Trinajstić information content (AvgIpc) is 3.11. The van der Waals surface area contributed by atoms with Crippen molar-refractivity contribution in [1.82, 2.24) is 15.2 Å². The van der Waals surface area contributed by atoms with Crippen molar-refractivity contribution in [3.05, 3.63) is 69.1 Å². The highest BCUT2D eigenvalue weighted by atomic mass is 79.9. The minimum Gasteiger partial charge on any atom is -0.270 e. The summed E-state index contributed by atoms with van der Waals surface area (Å²) in [6.45, 7) is 0. The molecule has 3 aromatic rings. The number of nitrogens with one attached hydrogen (secondary N) is 1. The van der Waals surface area contributed by atoms with E-state index in [-0.39, 0.29) is 6.04 Å². The summed E-state index contributed by atoms with van der Waals surface area (Å²) >= 11 is 5.13. The Morgan fingerprint density at radius 2 is 2.05 bits per heavy atom. The number of thiophene rings is 1. The van der Waals surface area contributed by atoms with Crippen LogP contribution in [-0.4, -0.2) is 9.78 Å². The maximum absolute atomic E-state index is 5.75. The number of nitrogens with zero attached hydrogens (tertiary/aromatic N) is 2. The van der Waals surface area contributed by atoms with E-state index in [4.69, 9.17) is 5.84 Å². The molecule has 0 aliphatic rings. The van der Waals surface area contributed by atoms with Crippen LogP contribution in [0.25, 0.3) is 5.69 Å². The van der Waals surface area contributed by atoms with E-state index in [1.54, 1.807) is 17.5 Å². The number of halogens is 1. The van der Waals surface area contributed by atoms with Crippen molar-refractivity contribution >= 4 is 27.3 Å². The quantitative estimate of drug-likeness (QED) is 0.562. The van der Waals surface area contributed by atoms with Crippen LogP contribution < -0.4 is 11.3 Å². The number of hydrogen-bond acceptors (Lipinski definition) is 4. The van der Waals surface area contributed by atoms with Crippen molar-refractivity contribution in [3.63, 3.8) is 0 Å². The first kappa shape index (κ1) is 13.5. The second-order valence-electron chi connectivity index (χ2n) is 4.27. The standard InChI is InChI=1S/C14H13BrN4S/c15-10-8-13(20-9-10)14(18-16)12-6-7-17-19(12)11-4-2-1-3-5-11/h1-9,14,18H,16H2. The van der Waals surface area contributed by atoms with Crippen molar-refractivity contribution < 1.29 is 0 Å². The molecule has 3 rings (SSSR count). The van der Waals surface area contributed by atoms with Gasteiger partial charge < -0.3 is 0 Å². The number of rotatable bonds is 4. The third-order valence-electron chi connectivity index (χ3n) is 3.01. The molecule has 4 nitrogen and oxygen atoms in total. The van der Waals surface area contributed by atoms with Crippen molar-refractivity contribution in [2.45, 2.75) is 6.04 Å². The van der Waals surface area contributed by atoms with Crippen molar-refractivity contribution in [2.24, 2.45) is 5.84 Å². The van der Waals surface area contributed by atoms with Crippen molar-refractivity contribution in [1.29, 1.82) is 0 Å². The average molecular weight is 349 g/mol. The molecule has 0 saturated carbocycles. The molecule has 0 aliphatic carbocycles. The Labute approximate surface area is 129 Å². The highest BCUT2D eigenvalue weighted by Gasteiger charge is 2.19. The Hall–Kier alpha value is -1.47. The zero-order valence-electron chi connectivity index (χ0n) is 10.5. The van der Waals surface area contributed by atoms with Gasteiger partial charge in [0.25, 0.3) is 0 Å². The minimum atomic E-state index is -0.0889. The summed E-state index contributed by atoms with van der Waals surface area (Å²) < 4.78 is 2.96.